The molecule has 0 aliphatic heterocycles. The molecule has 2 aliphatic rings. The standard InChI is InChI=1S/C30H34F4N2O4/c31-23-15-21(14-22(16-23)30(32,33)34)27(39)25-17-24(8-12-29(25)10-2-1-3-11-29)36-18-19-4-6-20(7-5-19)28(40)35-13-9-26(37)38/h4-7,14-16,24-25,36H,1-3,8-13,17-18H2,(H,35,40)(H,37,38). The summed E-state index contributed by atoms with van der Waals surface area (Å²) in [6.45, 7) is 0.505. The van der Waals surface area contributed by atoms with Crippen molar-refractivity contribution in [3.8, 4) is 0 Å². The third-order valence-corrected chi connectivity index (χ3v) is 8.36. The van der Waals surface area contributed by atoms with Crippen LogP contribution in [0.1, 0.15) is 89.6 Å². The topological polar surface area (TPSA) is 95.5 Å². The third-order valence-electron chi connectivity index (χ3n) is 8.36. The van der Waals surface area contributed by atoms with E-state index in [1.807, 2.05) is 0 Å². The van der Waals surface area contributed by atoms with Crippen LogP contribution in [0, 0.1) is 17.2 Å². The van der Waals surface area contributed by atoms with Crippen molar-refractivity contribution in [2.75, 3.05) is 6.54 Å². The van der Waals surface area contributed by atoms with E-state index in [0.29, 0.717) is 24.6 Å². The summed E-state index contributed by atoms with van der Waals surface area (Å²) in [5, 5.41) is 14.7. The lowest BCUT2D eigenvalue weighted by atomic mass is 9.57. The highest BCUT2D eigenvalue weighted by molar-refractivity contribution is 5.98. The average Bonchev–Trinajstić information content (AvgIpc) is 2.92. The van der Waals surface area contributed by atoms with Gasteiger partial charge in [-0.25, -0.2) is 4.39 Å². The predicted molar refractivity (Wildman–Crippen MR) is 140 cm³/mol. The molecule has 2 aromatic carbocycles. The van der Waals surface area contributed by atoms with Crippen LogP contribution in [-0.4, -0.2) is 35.4 Å². The summed E-state index contributed by atoms with van der Waals surface area (Å²) in [7, 11) is 0. The van der Waals surface area contributed by atoms with Crippen LogP contribution < -0.4 is 10.6 Å². The van der Waals surface area contributed by atoms with Crippen molar-refractivity contribution in [2.24, 2.45) is 11.3 Å². The lowest BCUT2D eigenvalue weighted by Gasteiger charge is -2.48. The number of hydrogen-bond donors (Lipinski definition) is 3. The Labute approximate surface area is 230 Å². The van der Waals surface area contributed by atoms with Crippen molar-refractivity contribution in [2.45, 2.75) is 76.6 Å². The normalized spacial score (nSPS) is 20.7. The van der Waals surface area contributed by atoms with Gasteiger partial charge in [0.2, 0.25) is 0 Å². The van der Waals surface area contributed by atoms with Gasteiger partial charge in [-0.3, -0.25) is 14.4 Å². The van der Waals surface area contributed by atoms with E-state index in [1.165, 1.54) is 0 Å². The molecule has 4 rings (SSSR count). The minimum Gasteiger partial charge on any atom is -0.481 e. The van der Waals surface area contributed by atoms with Gasteiger partial charge in [0.1, 0.15) is 5.82 Å². The highest BCUT2D eigenvalue weighted by atomic mass is 19.4. The summed E-state index contributed by atoms with van der Waals surface area (Å²) >= 11 is 0. The van der Waals surface area contributed by atoms with E-state index in [1.54, 1.807) is 24.3 Å². The molecule has 0 bridgehead atoms. The number of carboxylic acids is 1. The number of hydrogen-bond acceptors (Lipinski definition) is 4. The van der Waals surface area contributed by atoms with Gasteiger partial charge in [-0.15, -0.1) is 0 Å². The Hall–Kier alpha value is -3.27. The van der Waals surface area contributed by atoms with Crippen LogP contribution in [0.5, 0.6) is 0 Å². The van der Waals surface area contributed by atoms with Gasteiger partial charge in [-0.05, 0) is 73.4 Å². The molecule has 6 nitrogen and oxygen atoms in total. The third kappa shape index (κ3) is 7.27. The summed E-state index contributed by atoms with van der Waals surface area (Å²) in [5.41, 5.74) is -0.348. The molecule has 2 fully saturated rings. The lowest BCUT2D eigenvalue weighted by Crippen LogP contribution is -2.47. The molecule has 2 unspecified atom stereocenters. The van der Waals surface area contributed by atoms with Crippen LogP contribution in [0.25, 0.3) is 0 Å². The van der Waals surface area contributed by atoms with Gasteiger partial charge in [0.25, 0.3) is 5.91 Å². The van der Waals surface area contributed by atoms with Gasteiger partial charge in [0.05, 0.1) is 12.0 Å². The Morgan fingerprint density at radius 1 is 0.950 bits per heavy atom. The van der Waals surface area contributed by atoms with Crippen molar-refractivity contribution >= 4 is 17.7 Å². The lowest BCUT2D eigenvalue weighted by molar-refractivity contribution is -0.138. The zero-order valence-electron chi connectivity index (χ0n) is 22.2. The maximum Gasteiger partial charge on any atom is 0.416 e. The van der Waals surface area contributed by atoms with Crippen LogP contribution in [0.4, 0.5) is 17.6 Å². The Bertz CT molecular complexity index is 1220. The number of Topliss-reactive ketones (excluding diaryl/α,β-unsaturated/α-hetero) is 1. The molecule has 10 heteroatoms. The summed E-state index contributed by atoms with van der Waals surface area (Å²) in [4.78, 5) is 36.5. The molecule has 0 radical (unpaired) electrons. The molecule has 216 valence electrons. The fourth-order valence-corrected chi connectivity index (χ4v) is 6.23. The molecule has 1 amide bonds. The second-order valence-corrected chi connectivity index (χ2v) is 11.0. The first-order chi connectivity index (χ1) is 19.0. The Morgan fingerprint density at radius 2 is 1.65 bits per heavy atom. The summed E-state index contributed by atoms with van der Waals surface area (Å²) < 4.78 is 54.2. The molecule has 40 heavy (non-hydrogen) atoms. The van der Waals surface area contributed by atoms with E-state index in [9.17, 15) is 31.9 Å². The summed E-state index contributed by atoms with van der Waals surface area (Å²) in [5.74, 6) is -3.35. The number of rotatable bonds is 9. The number of carboxylic acid groups (broad SMARTS) is 1. The molecule has 2 aliphatic carbocycles. The fraction of sp³-hybridized carbons (Fsp3) is 0.500. The number of aliphatic carboxylic acids is 1. The minimum atomic E-state index is -4.75. The molecule has 0 heterocycles. The SMILES string of the molecule is O=C(O)CCNC(=O)c1ccc(CNC2CCC3(CCCCC3)C(C(=O)c3cc(F)cc(C(F)(F)F)c3)C2)cc1. The molecule has 3 N–H and O–H groups in total. The number of amides is 1. The van der Waals surface area contributed by atoms with Gasteiger partial charge in [0.15, 0.2) is 5.78 Å². The van der Waals surface area contributed by atoms with Gasteiger partial charge >= 0.3 is 12.1 Å². The van der Waals surface area contributed by atoms with Crippen molar-refractivity contribution in [3.63, 3.8) is 0 Å². The van der Waals surface area contributed by atoms with E-state index in [-0.39, 0.29) is 35.9 Å². The average molecular weight is 563 g/mol. The van der Waals surface area contributed by atoms with Gasteiger partial charge in [0, 0.05) is 36.2 Å². The number of alkyl halides is 3. The predicted octanol–water partition coefficient (Wildman–Crippen LogP) is 6.14. The highest BCUT2D eigenvalue weighted by Crippen LogP contribution is 2.52. The van der Waals surface area contributed by atoms with Crippen molar-refractivity contribution < 1.29 is 37.1 Å². The molecule has 2 saturated carbocycles. The molecule has 2 aromatic rings. The molecule has 0 aromatic heterocycles. The zero-order chi connectivity index (χ0) is 28.9. The summed E-state index contributed by atoms with van der Waals surface area (Å²) in [6.07, 6.45) is 1.83. The molecular weight excluding hydrogens is 528 g/mol. The van der Waals surface area contributed by atoms with E-state index < -0.39 is 35.2 Å². The maximum absolute atomic E-state index is 14.2. The van der Waals surface area contributed by atoms with Crippen molar-refractivity contribution in [1.29, 1.82) is 0 Å². The van der Waals surface area contributed by atoms with E-state index in [0.717, 1.165) is 62.6 Å². The summed E-state index contributed by atoms with van der Waals surface area (Å²) in [6, 6.07) is 8.96. The zero-order valence-corrected chi connectivity index (χ0v) is 22.2. The highest BCUT2D eigenvalue weighted by Gasteiger charge is 2.47. The van der Waals surface area contributed by atoms with Crippen molar-refractivity contribution in [1.82, 2.24) is 10.6 Å². The molecule has 2 atom stereocenters. The van der Waals surface area contributed by atoms with Gasteiger partial charge in [-0.2, -0.15) is 13.2 Å². The molecule has 1 spiro atoms. The van der Waals surface area contributed by atoms with E-state index in [4.69, 9.17) is 5.11 Å². The number of carbonyl (C=O) groups is 3. The first kappa shape index (κ1) is 29.7. The van der Waals surface area contributed by atoms with Crippen LogP contribution in [-0.2, 0) is 17.5 Å². The number of halogens is 4. The Kier molecular flexibility index (Phi) is 9.28. The van der Waals surface area contributed by atoms with Crippen LogP contribution >= 0.6 is 0 Å². The number of benzene rings is 2. The molecular formula is C30H34F4N2O4. The molecule has 0 saturated heterocycles. The largest absolute Gasteiger partial charge is 0.481 e. The monoisotopic (exact) mass is 562 g/mol. The second kappa shape index (κ2) is 12.5. The minimum absolute atomic E-state index is 0.0354. The Balaban J connectivity index is 1.44. The fourth-order valence-electron chi connectivity index (χ4n) is 6.23. The smallest absolute Gasteiger partial charge is 0.416 e. The first-order valence-corrected chi connectivity index (χ1v) is 13.7. The van der Waals surface area contributed by atoms with Crippen LogP contribution in [0.2, 0.25) is 0 Å². The number of carbonyl (C=O) groups excluding carboxylic acids is 2. The maximum atomic E-state index is 14.2. The van der Waals surface area contributed by atoms with Gasteiger partial charge < -0.3 is 15.7 Å². The van der Waals surface area contributed by atoms with Crippen LogP contribution in [0.3, 0.4) is 0 Å². The van der Waals surface area contributed by atoms with Crippen LogP contribution in [0.15, 0.2) is 42.5 Å². The van der Waals surface area contributed by atoms with Crippen molar-refractivity contribution in [3.05, 3.63) is 70.5 Å². The number of ketones is 1. The van der Waals surface area contributed by atoms with Gasteiger partial charge in [-0.1, -0.05) is 31.4 Å². The quantitative estimate of drug-likeness (QED) is 0.252. The first-order valence-electron chi connectivity index (χ1n) is 13.7. The second-order valence-electron chi connectivity index (χ2n) is 11.0. The van der Waals surface area contributed by atoms with E-state index >= 15 is 0 Å². The van der Waals surface area contributed by atoms with E-state index in [2.05, 4.69) is 10.6 Å². The number of nitrogens with one attached hydrogen (secondary N) is 2. The Morgan fingerprint density at radius 3 is 2.30 bits per heavy atom.